The number of hydrogen-bond acceptors (Lipinski definition) is 4. The van der Waals surface area contributed by atoms with E-state index in [1.165, 1.54) is 4.88 Å². The average molecular weight is 348 g/mol. The van der Waals surface area contributed by atoms with Crippen LogP contribution in [0.25, 0.3) is 0 Å². The van der Waals surface area contributed by atoms with Crippen molar-refractivity contribution in [1.29, 1.82) is 0 Å². The molecule has 19 heavy (non-hydrogen) atoms. The number of carbonyl (C=O) groups excluding carboxylic acids is 1. The summed E-state index contributed by atoms with van der Waals surface area (Å²) in [7, 11) is 3.69. The summed E-state index contributed by atoms with van der Waals surface area (Å²) in [6.45, 7) is 2.79. The van der Waals surface area contributed by atoms with Gasteiger partial charge in [0.05, 0.1) is 6.04 Å². The van der Waals surface area contributed by atoms with Crippen molar-refractivity contribution in [2.24, 2.45) is 5.73 Å². The molecule has 1 aromatic heterocycles. The minimum absolute atomic E-state index is 0.0584. The molecule has 0 aliphatic carbocycles. The lowest BCUT2D eigenvalue weighted by atomic mass is 10.0. The first-order chi connectivity index (χ1) is 8.99. The predicted octanol–water partition coefficient (Wildman–Crippen LogP) is 2.36. The summed E-state index contributed by atoms with van der Waals surface area (Å²) in [5.41, 5.74) is 6.25. The smallest absolute Gasteiger partial charge is 0.221 e. The van der Waals surface area contributed by atoms with Gasteiger partial charge in [-0.15, -0.1) is 11.3 Å². The van der Waals surface area contributed by atoms with E-state index in [9.17, 15) is 4.79 Å². The highest BCUT2D eigenvalue weighted by molar-refractivity contribution is 9.10. The van der Waals surface area contributed by atoms with Crippen molar-refractivity contribution in [3.63, 3.8) is 0 Å². The molecule has 0 aliphatic heterocycles. The van der Waals surface area contributed by atoms with Gasteiger partial charge in [0.1, 0.15) is 0 Å². The molecule has 0 spiro atoms. The Bertz CT molecular complexity index is 410. The lowest BCUT2D eigenvalue weighted by molar-refractivity contribution is -0.121. The second kappa shape index (κ2) is 7.99. The summed E-state index contributed by atoms with van der Waals surface area (Å²) in [5, 5.41) is 4.71. The zero-order chi connectivity index (χ0) is 14.4. The Morgan fingerprint density at radius 3 is 2.79 bits per heavy atom. The van der Waals surface area contributed by atoms with Gasteiger partial charge in [0.25, 0.3) is 0 Å². The molecule has 0 radical (unpaired) electrons. The van der Waals surface area contributed by atoms with Gasteiger partial charge < -0.3 is 11.1 Å². The van der Waals surface area contributed by atoms with Gasteiger partial charge in [-0.3, -0.25) is 9.69 Å². The monoisotopic (exact) mass is 347 g/mol. The van der Waals surface area contributed by atoms with Gasteiger partial charge >= 0.3 is 0 Å². The van der Waals surface area contributed by atoms with E-state index in [4.69, 9.17) is 5.73 Å². The van der Waals surface area contributed by atoms with Crippen LogP contribution in [-0.2, 0) is 4.79 Å². The highest BCUT2D eigenvalue weighted by Crippen LogP contribution is 2.31. The van der Waals surface area contributed by atoms with E-state index in [-0.39, 0.29) is 18.0 Å². The number of thiophene rings is 1. The zero-order valence-electron chi connectivity index (χ0n) is 11.6. The van der Waals surface area contributed by atoms with E-state index in [0.29, 0.717) is 13.0 Å². The number of hydrogen-bond donors (Lipinski definition) is 2. The third kappa shape index (κ3) is 4.87. The maximum Gasteiger partial charge on any atom is 0.221 e. The van der Waals surface area contributed by atoms with Crippen molar-refractivity contribution >= 4 is 33.2 Å². The van der Waals surface area contributed by atoms with Crippen LogP contribution >= 0.6 is 27.3 Å². The maximum absolute atomic E-state index is 11.3. The van der Waals surface area contributed by atoms with Crippen molar-refractivity contribution < 1.29 is 4.79 Å². The summed E-state index contributed by atoms with van der Waals surface area (Å²) < 4.78 is 1.08. The predicted molar refractivity (Wildman–Crippen MR) is 84.3 cm³/mol. The second-order valence-electron chi connectivity index (χ2n) is 4.59. The molecule has 0 bridgehead atoms. The van der Waals surface area contributed by atoms with Gasteiger partial charge in [-0.1, -0.05) is 6.92 Å². The first-order valence-electron chi connectivity index (χ1n) is 6.39. The molecule has 108 valence electrons. The van der Waals surface area contributed by atoms with Crippen LogP contribution in [0.15, 0.2) is 15.9 Å². The molecule has 3 N–H and O–H groups in total. The van der Waals surface area contributed by atoms with E-state index in [2.05, 4.69) is 44.5 Å². The van der Waals surface area contributed by atoms with Crippen molar-refractivity contribution in [3.05, 3.63) is 20.8 Å². The molecule has 2 unspecified atom stereocenters. The van der Waals surface area contributed by atoms with Crippen LogP contribution < -0.4 is 11.1 Å². The third-order valence-electron chi connectivity index (χ3n) is 3.20. The first kappa shape index (κ1) is 16.6. The lowest BCUT2D eigenvalue weighted by Gasteiger charge is -2.31. The maximum atomic E-state index is 11.3. The van der Waals surface area contributed by atoms with Gasteiger partial charge in [0, 0.05) is 40.8 Å². The molecule has 0 saturated carbocycles. The summed E-state index contributed by atoms with van der Waals surface area (Å²) in [6, 6.07) is 2.34. The number of amides is 1. The summed E-state index contributed by atoms with van der Waals surface area (Å²) >= 11 is 5.18. The average Bonchev–Trinajstić information content (AvgIpc) is 2.82. The van der Waals surface area contributed by atoms with Crippen LogP contribution in [0.3, 0.4) is 0 Å². The van der Waals surface area contributed by atoms with Crippen LogP contribution in [0.4, 0.5) is 0 Å². The molecule has 1 aromatic rings. The van der Waals surface area contributed by atoms with Gasteiger partial charge in [0.2, 0.25) is 5.91 Å². The Morgan fingerprint density at radius 2 is 2.32 bits per heavy atom. The Hall–Kier alpha value is -0.430. The number of nitrogens with one attached hydrogen (secondary N) is 1. The molecule has 0 fully saturated rings. The van der Waals surface area contributed by atoms with E-state index >= 15 is 0 Å². The lowest BCUT2D eigenvalue weighted by Crippen LogP contribution is -2.39. The molecule has 4 nitrogen and oxygen atoms in total. The number of nitrogens with zero attached hydrogens (tertiary/aromatic N) is 1. The zero-order valence-corrected chi connectivity index (χ0v) is 14.1. The first-order valence-corrected chi connectivity index (χ1v) is 8.07. The fourth-order valence-corrected chi connectivity index (χ4v) is 3.69. The largest absolute Gasteiger partial charge is 0.359 e. The number of rotatable bonds is 7. The van der Waals surface area contributed by atoms with Crippen LogP contribution in [0.2, 0.25) is 0 Å². The molecule has 1 amide bonds. The Labute approximate surface area is 127 Å². The minimum Gasteiger partial charge on any atom is -0.359 e. The fraction of sp³-hybridized carbons (Fsp3) is 0.615. The van der Waals surface area contributed by atoms with Crippen LogP contribution in [0, 0.1) is 0 Å². The molecule has 0 aromatic carbocycles. The van der Waals surface area contributed by atoms with Gasteiger partial charge in [-0.05, 0) is 35.5 Å². The van der Waals surface area contributed by atoms with Crippen LogP contribution in [0.1, 0.15) is 30.7 Å². The van der Waals surface area contributed by atoms with Gasteiger partial charge in [-0.25, -0.2) is 0 Å². The van der Waals surface area contributed by atoms with E-state index in [1.54, 1.807) is 18.4 Å². The molecule has 6 heteroatoms. The van der Waals surface area contributed by atoms with Crippen LogP contribution in [-0.4, -0.2) is 37.5 Å². The summed E-state index contributed by atoms with van der Waals surface area (Å²) in [6.07, 6.45) is 1.40. The number of likely N-dealkylation sites (N-methyl/N-ethyl adjacent to an activating group) is 1. The minimum atomic E-state index is 0.0584. The Kier molecular flexibility index (Phi) is 6.99. The highest BCUT2D eigenvalue weighted by Gasteiger charge is 2.24. The molecule has 0 aliphatic rings. The fourth-order valence-electron chi connectivity index (χ4n) is 2.00. The standard InChI is InChI=1S/C13H22BrN3OS/c1-4-10(15)13(11-7-9(14)8-19-11)17(3)6-5-12(18)16-2/h7-8,10,13H,4-6,15H2,1-3H3,(H,16,18). The molecule has 1 rings (SSSR count). The molecular formula is C13H22BrN3OS. The normalized spacial score (nSPS) is 14.4. The number of halogens is 1. The van der Waals surface area contributed by atoms with Gasteiger partial charge in [0.15, 0.2) is 0 Å². The number of nitrogens with two attached hydrogens (primary N) is 1. The summed E-state index contributed by atoms with van der Waals surface area (Å²) in [5.74, 6) is 0.0584. The Balaban J connectivity index is 2.76. The SMILES string of the molecule is CCC(N)C(c1cc(Br)cs1)N(C)CCC(=O)NC. The highest BCUT2D eigenvalue weighted by atomic mass is 79.9. The molecular weight excluding hydrogens is 326 g/mol. The van der Waals surface area contributed by atoms with Crippen molar-refractivity contribution in [1.82, 2.24) is 10.2 Å². The quantitative estimate of drug-likeness (QED) is 0.795. The third-order valence-corrected chi connectivity index (χ3v) is 4.97. The van der Waals surface area contributed by atoms with Crippen molar-refractivity contribution in [2.45, 2.75) is 31.8 Å². The van der Waals surface area contributed by atoms with Crippen molar-refractivity contribution in [2.75, 3.05) is 20.6 Å². The van der Waals surface area contributed by atoms with Crippen LogP contribution in [0.5, 0.6) is 0 Å². The topological polar surface area (TPSA) is 58.4 Å². The molecule has 2 atom stereocenters. The van der Waals surface area contributed by atoms with E-state index in [1.807, 2.05) is 7.05 Å². The Morgan fingerprint density at radius 1 is 1.63 bits per heavy atom. The number of carbonyl (C=O) groups is 1. The molecule has 0 saturated heterocycles. The molecule has 1 heterocycles. The van der Waals surface area contributed by atoms with E-state index < -0.39 is 0 Å². The summed E-state index contributed by atoms with van der Waals surface area (Å²) in [4.78, 5) is 14.7. The van der Waals surface area contributed by atoms with Crippen molar-refractivity contribution in [3.8, 4) is 0 Å². The van der Waals surface area contributed by atoms with E-state index in [0.717, 1.165) is 10.9 Å². The van der Waals surface area contributed by atoms with Gasteiger partial charge in [-0.2, -0.15) is 0 Å². The second-order valence-corrected chi connectivity index (χ2v) is 6.45.